The minimum Gasteiger partial charge on any atom is -0.473 e. The Kier molecular flexibility index (Phi) is 6.04. The number of ether oxygens (including phenoxy) is 2. The molecular formula is C14H21BrN2O2. The lowest BCUT2D eigenvalue weighted by Gasteiger charge is -2.28. The van der Waals surface area contributed by atoms with Gasteiger partial charge in [0.1, 0.15) is 10.7 Å². The van der Waals surface area contributed by atoms with E-state index in [9.17, 15) is 0 Å². The van der Waals surface area contributed by atoms with Crippen LogP contribution in [0.2, 0.25) is 0 Å². The van der Waals surface area contributed by atoms with Crippen molar-refractivity contribution in [2.45, 2.75) is 57.7 Å². The third kappa shape index (κ3) is 5.07. The summed E-state index contributed by atoms with van der Waals surface area (Å²) in [5.41, 5.74) is 0. The molecule has 0 aliphatic heterocycles. The number of aromatic nitrogens is 2. The molecule has 4 nitrogen and oxygen atoms in total. The normalized spacial score (nSPS) is 23.3. The molecule has 1 saturated carbocycles. The molecule has 1 aromatic heterocycles. The number of nitrogens with zero attached hydrogens (tertiary/aromatic N) is 2. The minimum absolute atomic E-state index is 0.251. The molecule has 1 heterocycles. The Balaban J connectivity index is 1.69. The van der Waals surface area contributed by atoms with E-state index in [0.29, 0.717) is 12.0 Å². The number of halogens is 1. The van der Waals surface area contributed by atoms with Crippen LogP contribution in [0.25, 0.3) is 0 Å². The summed E-state index contributed by atoms with van der Waals surface area (Å²) in [5.74, 6) is 0.610. The van der Waals surface area contributed by atoms with Crippen molar-refractivity contribution >= 4 is 15.9 Å². The fourth-order valence-electron chi connectivity index (χ4n) is 2.25. The average Bonchev–Trinajstić information content (AvgIpc) is 2.44. The van der Waals surface area contributed by atoms with Crippen LogP contribution in [-0.2, 0) is 4.74 Å². The summed E-state index contributed by atoms with van der Waals surface area (Å²) in [6.07, 6.45) is 7.26. The summed E-state index contributed by atoms with van der Waals surface area (Å²) in [5, 5.41) is 7.93. The van der Waals surface area contributed by atoms with Gasteiger partial charge in [-0.15, -0.1) is 10.2 Å². The van der Waals surface area contributed by atoms with Gasteiger partial charge in [0.05, 0.1) is 6.10 Å². The predicted octanol–water partition coefficient (Wildman–Crippen LogP) is 3.75. The monoisotopic (exact) mass is 328 g/mol. The SMILES string of the molecule is CCCCOC1CCC(Oc2ccc(Br)nn2)CC1. The van der Waals surface area contributed by atoms with E-state index >= 15 is 0 Å². The second kappa shape index (κ2) is 7.80. The van der Waals surface area contributed by atoms with Gasteiger partial charge in [0.25, 0.3) is 0 Å². The predicted molar refractivity (Wildman–Crippen MR) is 77.3 cm³/mol. The highest BCUT2D eigenvalue weighted by atomic mass is 79.9. The van der Waals surface area contributed by atoms with Crippen molar-refractivity contribution in [2.24, 2.45) is 0 Å². The van der Waals surface area contributed by atoms with Crippen molar-refractivity contribution < 1.29 is 9.47 Å². The number of hydrogen-bond donors (Lipinski definition) is 0. The first kappa shape index (κ1) is 14.7. The molecule has 1 aliphatic rings. The molecule has 1 aliphatic carbocycles. The van der Waals surface area contributed by atoms with E-state index in [1.54, 1.807) is 0 Å². The van der Waals surface area contributed by atoms with Gasteiger partial charge in [-0.25, -0.2) is 0 Å². The Morgan fingerprint density at radius 3 is 2.53 bits per heavy atom. The summed E-state index contributed by atoms with van der Waals surface area (Å²) < 4.78 is 12.4. The first-order valence-electron chi connectivity index (χ1n) is 7.05. The Bertz CT molecular complexity index is 364. The zero-order chi connectivity index (χ0) is 13.5. The topological polar surface area (TPSA) is 44.2 Å². The van der Waals surface area contributed by atoms with Gasteiger partial charge in [0.15, 0.2) is 0 Å². The van der Waals surface area contributed by atoms with Crippen LogP contribution in [0.5, 0.6) is 5.88 Å². The maximum absolute atomic E-state index is 5.85. The first-order chi connectivity index (χ1) is 9.28. The Labute approximate surface area is 123 Å². The van der Waals surface area contributed by atoms with Crippen molar-refractivity contribution in [3.8, 4) is 5.88 Å². The highest BCUT2D eigenvalue weighted by Gasteiger charge is 2.23. The Morgan fingerprint density at radius 2 is 1.89 bits per heavy atom. The largest absolute Gasteiger partial charge is 0.473 e. The maximum Gasteiger partial charge on any atom is 0.233 e. The summed E-state index contributed by atoms with van der Waals surface area (Å²) in [4.78, 5) is 0. The zero-order valence-corrected chi connectivity index (χ0v) is 12.9. The van der Waals surface area contributed by atoms with Gasteiger partial charge >= 0.3 is 0 Å². The Morgan fingerprint density at radius 1 is 1.16 bits per heavy atom. The summed E-state index contributed by atoms with van der Waals surface area (Å²) in [7, 11) is 0. The Hall–Kier alpha value is -0.680. The second-order valence-electron chi connectivity index (χ2n) is 4.94. The zero-order valence-electron chi connectivity index (χ0n) is 11.3. The molecule has 0 radical (unpaired) electrons. The van der Waals surface area contributed by atoms with Gasteiger partial charge < -0.3 is 9.47 Å². The lowest BCUT2D eigenvalue weighted by molar-refractivity contribution is 0.000639. The molecule has 1 fully saturated rings. The lowest BCUT2D eigenvalue weighted by Crippen LogP contribution is -2.28. The van der Waals surface area contributed by atoms with Gasteiger partial charge in [0.2, 0.25) is 5.88 Å². The number of unbranched alkanes of at least 4 members (excludes halogenated alkanes) is 1. The molecule has 5 heteroatoms. The van der Waals surface area contributed by atoms with Crippen LogP contribution in [-0.4, -0.2) is 29.0 Å². The standard InChI is InChI=1S/C14H21BrN2O2/c1-2-3-10-18-11-4-6-12(7-5-11)19-14-9-8-13(15)16-17-14/h8-9,11-12H,2-7,10H2,1H3. The molecule has 0 bridgehead atoms. The van der Waals surface area contributed by atoms with Crippen molar-refractivity contribution in [1.29, 1.82) is 0 Å². The van der Waals surface area contributed by atoms with E-state index in [0.717, 1.165) is 43.3 Å². The summed E-state index contributed by atoms with van der Waals surface area (Å²) >= 11 is 3.26. The molecule has 0 spiro atoms. The van der Waals surface area contributed by atoms with E-state index in [2.05, 4.69) is 33.1 Å². The van der Waals surface area contributed by atoms with Crippen molar-refractivity contribution in [2.75, 3.05) is 6.61 Å². The molecule has 0 atom stereocenters. The van der Waals surface area contributed by atoms with Crippen LogP contribution in [0.15, 0.2) is 16.7 Å². The van der Waals surface area contributed by atoms with Gasteiger partial charge in [0, 0.05) is 12.7 Å². The molecule has 1 aromatic rings. The number of rotatable bonds is 6. The molecule has 2 rings (SSSR count). The van der Waals surface area contributed by atoms with E-state index in [1.807, 2.05) is 12.1 Å². The molecular weight excluding hydrogens is 308 g/mol. The third-order valence-electron chi connectivity index (χ3n) is 3.37. The minimum atomic E-state index is 0.251. The maximum atomic E-state index is 5.85. The van der Waals surface area contributed by atoms with E-state index < -0.39 is 0 Å². The first-order valence-corrected chi connectivity index (χ1v) is 7.84. The van der Waals surface area contributed by atoms with E-state index in [-0.39, 0.29) is 6.10 Å². The summed E-state index contributed by atoms with van der Waals surface area (Å²) in [6.45, 7) is 3.08. The molecule has 0 unspecified atom stereocenters. The van der Waals surface area contributed by atoms with Crippen molar-refractivity contribution in [1.82, 2.24) is 10.2 Å². The van der Waals surface area contributed by atoms with Crippen LogP contribution >= 0.6 is 15.9 Å². The van der Waals surface area contributed by atoms with Crippen molar-refractivity contribution in [3.05, 3.63) is 16.7 Å². The molecule has 0 saturated heterocycles. The van der Waals surface area contributed by atoms with Crippen LogP contribution in [0.4, 0.5) is 0 Å². The van der Waals surface area contributed by atoms with Crippen LogP contribution in [0.3, 0.4) is 0 Å². The molecule has 0 aromatic carbocycles. The van der Waals surface area contributed by atoms with Crippen LogP contribution in [0, 0.1) is 0 Å². The lowest BCUT2D eigenvalue weighted by atomic mass is 9.95. The second-order valence-corrected chi connectivity index (χ2v) is 5.75. The van der Waals surface area contributed by atoms with Gasteiger partial charge in [-0.3, -0.25) is 0 Å². The average molecular weight is 329 g/mol. The quantitative estimate of drug-likeness (QED) is 0.746. The molecule has 106 valence electrons. The highest BCUT2D eigenvalue weighted by molar-refractivity contribution is 9.10. The number of hydrogen-bond acceptors (Lipinski definition) is 4. The van der Waals surface area contributed by atoms with E-state index in [4.69, 9.17) is 9.47 Å². The van der Waals surface area contributed by atoms with Crippen LogP contribution < -0.4 is 4.74 Å². The fourth-order valence-corrected chi connectivity index (χ4v) is 2.46. The molecule has 0 N–H and O–H groups in total. The van der Waals surface area contributed by atoms with Crippen molar-refractivity contribution in [3.63, 3.8) is 0 Å². The van der Waals surface area contributed by atoms with Gasteiger partial charge in [-0.2, -0.15) is 0 Å². The fraction of sp³-hybridized carbons (Fsp3) is 0.714. The third-order valence-corrected chi connectivity index (χ3v) is 3.79. The van der Waals surface area contributed by atoms with E-state index in [1.165, 1.54) is 6.42 Å². The van der Waals surface area contributed by atoms with Crippen LogP contribution in [0.1, 0.15) is 45.4 Å². The molecule has 19 heavy (non-hydrogen) atoms. The highest BCUT2D eigenvalue weighted by Crippen LogP contribution is 2.25. The van der Waals surface area contributed by atoms with Gasteiger partial charge in [-0.05, 0) is 54.1 Å². The van der Waals surface area contributed by atoms with Gasteiger partial charge in [-0.1, -0.05) is 13.3 Å². The summed E-state index contributed by atoms with van der Waals surface area (Å²) in [6, 6.07) is 3.70. The smallest absolute Gasteiger partial charge is 0.233 e. The molecule has 0 amide bonds.